The topological polar surface area (TPSA) is 62.5 Å². The molecular weight excluding hydrogens is 338 g/mol. The number of aromatic nitrogens is 3. The smallest absolute Gasteiger partial charge is 0.255 e. The van der Waals surface area contributed by atoms with Crippen molar-refractivity contribution in [1.82, 2.24) is 14.4 Å². The molecule has 6 heteroatoms. The van der Waals surface area contributed by atoms with Gasteiger partial charge in [0.1, 0.15) is 0 Å². The summed E-state index contributed by atoms with van der Waals surface area (Å²) in [7, 11) is 3.90. The molecule has 0 atom stereocenters. The molecule has 4 rings (SSSR count). The Bertz CT molecular complexity index is 1080. The van der Waals surface area contributed by atoms with Gasteiger partial charge < -0.3 is 10.2 Å². The largest absolute Gasteiger partial charge is 0.378 e. The number of imidazole rings is 1. The lowest BCUT2D eigenvalue weighted by atomic mass is 10.1. The number of hydrogen-bond donors (Lipinski definition) is 1. The summed E-state index contributed by atoms with van der Waals surface area (Å²) in [6.45, 7) is 0. The van der Waals surface area contributed by atoms with Crippen molar-refractivity contribution in [1.29, 1.82) is 0 Å². The minimum atomic E-state index is -0.159. The normalized spacial score (nSPS) is 10.7. The van der Waals surface area contributed by atoms with Crippen LogP contribution >= 0.6 is 0 Å². The Balaban J connectivity index is 1.67. The Morgan fingerprint density at radius 2 is 1.93 bits per heavy atom. The average Bonchev–Trinajstić information content (AvgIpc) is 3.12. The molecule has 0 saturated heterocycles. The summed E-state index contributed by atoms with van der Waals surface area (Å²) in [5, 5.41) is 3.01. The summed E-state index contributed by atoms with van der Waals surface area (Å²) < 4.78 is 1.86. The maximum Gasteiger partial charge on any atom is 0.255 e. The second kappa shape index (κ2) is 6.92. The van der Waals surface area contributed by atoms with Crippen molar-refractivity contribution in [2.75, 3.05) is 24.3 Å². The molecule has 2 aromatic heterocycles. The quantitative estimate of drug-likeness (QED) is 0.605. The zero-order chi connectivity index (χ0) is 18.8. The van der Waals surface area contributed by atoms with Crippen LogP contribution in [0.5, 0.6) is 0 Å². The SMILES string of the molecule is CN(C)c1cccc(C(=O)Nc2ccccc2-c2cn3cccnc3n2)c1. The molecule has 4 aromatic rings. The van der Waals surface area contributed by atoms with Gasteiger partial charge >= 0.3 is 0 Å². The molecule has 0 radical (unpaired) electrons. The van der Waals surface area contributed by atoms with Gasteiger partial charge in [0.2, 0.25) is 5.78 Å². The van der Waals surface area contributed by atoms with Crippen molar-refractivity contribution in [3.63, 3.8) is 0 Å². The molecule has 0 aliphatic rings. The summed E-state index contributed by atoms with van der Waals surface area (Å²) in [6, 6.07) is 17.0. The van der Waals surface area contributed by atoms with Gasteiger partial charge in [-0.1, -0.05) is 24.3 Å². The first-order valence-corrected chi connectivity index (χ1v) is 8.60. The number of para-hydroxylation sites is 1. The van der Waals surface area contributed by atoms with Gasteiger partial charge in [-0.2, -0.15) is 0 Å². The van der Waals surface area contributed by atoms with E-state index in [9.17, 15) is 4.79 Å². The fourth-order valence-corrected chi connectivity index (χ4v) is 2.90. The monoisotopic (exact) mass is 357 g/mol. The number of carbonyl (C=O) groups excluding carboxylic acids is 1. The zero-order valence-electron chi connectivity index (χ0n) is 15.1. The summed E-state index contributed by atoms with van der Waals surface area (Å²) in [6.07, 6.45) is 5.50. The van der Waals surface area contributed by atoms with Crippen LogP contribution in [0.25, 0.3) is 17.0 Å². The molecule has 0 aliphatic carbocycles. The van der Waals surface area contributed by atoms with Crippen molar-refractivity contribution in [2.45, 2.75) is 0 Å². The van der Waals surface area contributed by atoms with Crippen LogP contribution in [-0.4, -0.2) is 34.4 Å². The highest BCUT2D eigenvalue weighted by Crippen LogP contribution is 2.27. The van der Waals surface area contributed by atoms with Crippen LogP contribution in [0.2, 0.25) is 0 Å². The van der Waals surface area contributed by atoms with E-state index in [1.165, 1.54) is 0 Å². The molecule has 6 nitrogen and oxygen atoms in total. The highest BCUT2D eigenvalue weighted by atomic mass is 16.1. The fourth-order valence-electron chi connectivity index (χ4n) is 2.90. The minimum absolute atomic E-state index is 0.159. The van der Waals surface area contributed by atoms with E-state index in [2.05, 4.69) is 15.3 Å². The van der Waals surface area contributed by atoms with E-state index in [0.29, 0.717) is 17.0 Å². The van der Waals surface area contributed by atoms with Crippen molar-refractivity contribution < 1.29 is 4.79 Å². The van der Waals surface area contributed by atoms with Crippen molar-refractivity contribution in [3.8, 4) is 11.3 Å². The van der Waals surface area contributed by atoms with Gasteiger partial charge in [-0.05, 0) is 30.3 Å². The number of anilines is 2. The molecule has 0 saturated carbocycles. The van der Waals surface area contributed by atoms with Crippen LogP contribution in [0.15, 0.2) is 73.2 Å². The molecule has 0 spiro atoms. The lowest BCUT2D eigenvalue weighted by molar-refractivity contribution is 0.102. The maximum atomic E-state index is 12.8. The van der Waals surface area contributed by atoms with Gasteiger partial charge in [0.15, 0.2) is 0 Å². The first kappa shape index (κ1) is 16.8. The van der Waals surface area contributed by atoms with Crippen LogP contribution in [0.4, 0.5) is 11.4 Å². The van der Waals surface area contributed by atoms with Gasteiger partial charge in [-0.15, -0.1) is 0 Å². The standard InChI is InChI=1S/C21H19N5O/c1-25(2)16-8-5-7-15(13-16)20(27)23-18-10-4-3-9-17(18)19-14-26-12-6-11-22-21(26)24-19/h3-14H,1-2H3,(H,23,27). The second-order valence-electron chi connectivity index (χ2n) is 6.40. The lowest BCUT2D eigenvalue weighted by Gasteiger charge is -2.14. The molecule has 2 heterocycles. The Labute approximate surface area is 157 Å². The zero-order valence-corrected chi connectivity index (χ0v) is 15.1. The highest BCUT2D eigenvalue weighted by molar-refractivity contribution is 6.06. The fraction of sp³-hybridized carbons (Fsp3) is 0.0952. The summed E-state index contributed by atoms with van der Waals surface area (Å²) in [5.74, 6) is 0.459. The molecule has 0 aliphatic heterocycles. The molecule has 0 bridgehead atoms. The summed E-state index contributed by atoms with van der Waals surface area (Å²) in [4.78, 5) is 23.6. The molecule has 134 valence electrons. The van der Waals surface area contributed by atoms with Gasteiger partial charge in [-0.3, -0.25) is 9.20 Å². The molecule has 2 aromatic carbocycles. The molecule has 0 fully saturated rings. The van der Waals surface area contributed by atoms with E-state index in [-0.39, 0.29) is 5.91 Å². The predicted molar refractivity (Wildman–Crippen MR) is 107 cm³/mol. The first-order valence-electron chi connectivity index (χ1n) is 8.60. The van der Waals surface area contributed by atoms with Crippen LogP contribution < -0.4 is 10.2 Å². The Kier molecular flexibility index (Phi) is 4.30. The lowest BCUT2D eigenvalue weighted by Crippen LogP contribution is -2.14. The number of carbonyl (C=O) groups is 1. The van der Waals surface area contributed by atoms with Gasteiger partial charge in [-0.25, -0.2) is 9.97 Å². The third-order valence-corrected chi connectivity index (χ3v) is 4.31. The number of fused-ring (bicyclic) bond motifs is 1. The van der Waals surface area contributed by atoms with Crippen molar-refractivity contribution in [3.05, 3.63) is 78.8 Å². The second-order valence-corrected chi connectivity index (χ2v) is 6.40. The van der Waals surface area contributed by atoms with Crippen LogP contribution in [-0.2, 0) is 0 Å². The molecule has 0 unspecified atom stereocenters. The van der Waals surface area contributed by atoms with E-state index in [1.54, 1.807) is 12.3 Å². The molecule has 1 N–H and O–H groups in total. The van der Waals surface area contributed by atoms with Crippen molar-refractivity contribution in [2.24, 2.45) is 0 Å². The van der Waals surface area contributed by atoms with E-state index in [0.717, 1.165) is 16.9 Å². The maximum absolute atomic E-state index is 12.8. The van der Waals surface area contributed by atoms with Crippen LogP contribution in [0.3, 0.4) is 0 Å². The van der Waals surface area contributed by atoms with Crippen molar-refractivity contribution >= 4 is 23.1 Å². The molecule has 1 amide bonds. The third kappa shape index (κ3) is 3.37. The van der Waals surface area contributed by atoms with E-state index < -0.39 is 0 Å². The van der Waals surface area contributed by atoms with Gasteiger partial charge in [0, 0.05) is 49.5 Å². The number of hydrogen-bond acceptors (Lipinski definition) is 4. The van der Waals surface area contributed by atoms with E-state index >= 15 is 0 Å². The Morgan fingerprint density at radius 3 is 2.74 bits per heavy atom. The third-order valence-electron chi connectivity index (χ3n) is 4.31. The van der Waals surface area contributed by atoms with Crippen LogP contribution in [0, 0.1) is 0 Å². The van der Waals surface area contributed by atoms with E-state index in [1.807, 2.05) is 84.3 Å². The van der Waals surface area contributed by atoms with Gasteiger partial charge in [0.25, 0.3) is 5.91 Å². The predicted octanol–water partition coefficient (Wildman–Crippen LogP) is 3.71. The summed E-state index contributed by atoms with van der Waals surface area (Å²) >= 11 is 0. The Hall–Kier alpha value is -3.67. The number of rotatable bonds is 4. The number of amides is 1. The number of nitrogens with one attached hydrogen (secondary N) is 1. The van der Waals surface area contributed by atoms with Crippen LogP contribution in [0.1, 0.15) is 10.4 Å². The first-order chi connectivity index (χ1) is 13.1. The minimum Gasteiger partial charge on any atom is -0.378 e. The molecule has 27 heavy (non-hydrogen) atoms. The highest BCUT2D eigenvalue weighted by Gasteiger charge is 2.13. The average molecular weight is 357 g/mol. The number of benzene rings is 2. The van der Waals surface area contributed by atoms with Gasteiger partial charge in [0.05, 0.1) is 11.4 Å². The van der Waals surface area contributed by atoms with E-state index in [4.69, 9.17) is 0 Å². The Morgan fingerprint density at radius 1 is 1.07 bits per heavy atom. The summed E-state index contributed by atoms with van der Waals surface area (Å²) in [5.41, 5.74) is 3.89. The molecular formula is C21H19N5O. The number of nitrogens with zero attached hydrogens (tertiary/aromatic N) is 4.